The zero-order chi connectivity index (χ0) is 12.5. The van der Waals surface area contributed by atoms with Crippen molar-refractivity contribution in [3.63, 3.8) is 0 Å². The smallest absolute Gasteiger partial charge is 0.248 e. The molecular weight excluding hydrogens is 262 g/mol. The lowest BCUT2D eigenvalue weighted by Crippen LogP contribution is -2.25. The molecule has 1 amide bonds. The molecule has 1 aromatic rings. The molecule has 2 saturated heterocycles. The summed E-state index contributed by atoms with van der Waals surface area (Å²) >= 11 is 0. The fourth-order valence-electron chi connectivity index (χ4n) is 3.11. The maximum atomic E-state index is 11.0. The van der Waals surface area contributed by atoms with Crippen LogP contribution in [0.1, 0.15) is 15.9 Å². The summed E-state index contributed by atoms with van der Waals surface area (Å²) in [6, 6.07) is 7.64. The first-order chi connectivity index (χ1) is 8.72. The Morgan fingerprint density at radius 2 is 1.79 bits per heavy atom. The highest BCUT2D eigenvalue weighted by Crippen LogP contribution is 2.27. The molecule has 0 unspecified atom stereocenters. The highest BCUT2D eigenvalue weighted by molar-refractivity contribution is 5.92. The van der Waals surface area contributed by atoms with E-state index >= 15 is 0 Å². The number of hydrogen-bond donors (Lipinski definition) is 2. The van der Waals surface area contributed by atoms with Gasteiger partial charge in [0, 0.05) is 25.2 Å². The third-order valence-electron chi connectivity index (χ3n) is 4.11. The summed E-state index contributed by atoms with van der Waals surface area (Å²) in [4.78, 5) is 13.5. The summed E-state index contributed by atoms with van der Waals surface area (Å²) < 4.78 is 0. The molecule has 0 aliphatic carbocycles. The zero-order valence-corrected chi connectivity index (χ0v) is 11.7. The Labute approximate surface area is 119 Å². The molecule has 3 N–H and O–H groups in total. The Bertz CT molecular complexity index is 437. The van der Waals surface area contributed by atoms with Crippen molar-refractivity contribution in [2.24, 2.45) is 17.6 Å². The SMILES string of the molecule is Cl.NC(=O)c1ccc(CN2C[C@H]3CNC[C@H]3C2)cc1. The summed E-state index contributed by atoms with van der Waals surface area (Å²) in [6.45, 7) is 5.69. The van der Waals surface area contributed by atoms with Crippen LogP contribution in [0.25, 0.3) is 0 Å². The fourth-order valence-corrected chi connectivity index (χ4v) is 3.11. The Kier molecular flexibility index (Phi) is 4.45. The second-order valence-corrected chi connectivity index (χ2v) is 5.43. The number of primary amides is 1. The molecule has 0 spiro atoms. The molecule has 2 fully saturated rings. The van der Waals surface area contributed by atoms with Crippen LogP contribution in [0.15, 0.2) is 24.3 Å². The fraction of sp³-hybridized carbons (Fsp3) is 0.500. The lowest BCUT2D eigenvalue weighted by atomic mass is 10.0. The van der Waals surface area contributed by atoms with Crippen LogP contribution in [-0.2, 0) is 6.54 Å². The van der Waals surface area contributed by atoms with Gasteiger partial charge >= 0.3 is 0 Å². The average Bonchev–Trinajstić information content (AvgIpc) is 2.90. The van der Waals surface area contributed by atoms with Crippen LogP contribution in [0.5, 0.6) is 0 Å². The third kappa shape index (κ3) is 3.08. The van der Waals surface area contributed by atoms with E-state index in [4.69, 9.17) is 5.73 Å². The number of hydrogen-bond acceptors (Lipinski definition) is 3. The molecule has 0 radical (unpaired) electrons. The monoisotopic (exact) mass is 281 g/mol. The van der Waals surface area contributed by atoms with E-state index in [1.165, 1.54) is 31.7 Å². The minimum atomic E-state index is -0.358. The summed E-state index contributed by atoms with van der Waals surface area (Å²) in [6.07, 6.45) is 0. The van der Waals surface area contributed by atoms with Gasteiger partial charge in [0.1, 0.15) is 0 Å². The summed E-state index contributed by atoms with van der Waals surface area (Å²) in [7, 11) is 0. The van der Waals surface area contributed by atoms with Gasteiger partial charge in [0.2, 0.25) is 5.91 Å². The summed E-state index contributed by atoms with van der Waals surface area (Å²) in [5.74, 6) is 1.30. The molecule has 2 aliphatic heterocycles. The van der Waals surface area contributed by atoms with E-state index in [1.807, 2.05) is 24.3 Å². The van der Waals surface area contributed by atoms with Gasteiger partial charge in [-0.25, -0.2) is 0 Å². The number of amides is 1. The highest BCUT2D eigenvalue weighted by Gasteiger charge is 2.35. The molecule has 0 saturated carbocycles. The van der Waals surface area contributed by atoms with Crippen molar-refractivity contribution < 1.29 is 4.79 Å². The molecule has 104 valence electrons. The van der Waals surface area contributed by atoms with Crippen molar-refractivity contribution >= 4 is 18.3 Å². The Morgan fingerprint density at radius 3 is 2.32 bits per heavy atom. The van der Waals surface area contributed by atoms with Crippen LogP contribution in [0.3, 0.4) is 0 Å². The number of carbonyl (C=O) groups is 1. The standard InChI is InChI=1S/C14H19N3O.ClH/c15-14(18)11-3-1-10(2-4-11)7-17-8-12-5-16-6-13(12)9-17;/h1-4,12-13,16H,5-9H2,(H2,15,18);1H/t12-,13+;. The van der Waals surface area contributed by atoms with Crippen molar-refractivity contribution in [3.05, 3.63) is 35.4 Å². The van der Waals surface area contributed by atoms with Gasteiger partial charge in [0.25, 0.3) is 0 Å². The van der Waals surface area contributed by atoms with Crippen molar-refractivity contribution in [2.75, 3.05) is 26.2 Å². The molecule has 2 aliphatic rings. The normalized spacial score (nSPS) is 25.9. The lowest BCUT2D eigenvalue weighted by Gasteiger charge is -2.17. The van der Waals surface area contributed by atoms with E-state index in [2.05, 4.69) is 10.2 Å². The second kappa shape index (κ2) is 5.90. The second-order valence-electron chi connectivity index (χ2n) is 5.43. The number of nitrogens with one attached hydrogen (secondary N) is 1. The van der Waals surface area contributed by atoms with Crippen LogP contribution < -0.4 is 11.1 Å². The number of carbonyl (C=O) groups excluding carboxylic acids is 1. The lowest BCUT2D eigenvalue weighted by molar-refractivity contribution is 0.100. The zero-order valence-electron chi connectivity index (χ0n) is 10.8. The summed E-state index contributed by atoms with van der Waals surface area (Å²) in [5.41, 5.74) is 7.07. The minimum Gasteiger partial charge on any atom is -0.366 e. The van der Waals surface area contributed by atoms with Gasteiger partial charge in [-0.05, 0) is 42.6 Å². The molecule has 5 heteroatoms. The van der Waals surface area contributed by atoms with Gasteiger partial charge in [0.15, 0.2) is 0 Å². The molecular formula is C14H20ClN3O. The van der Waals surface area contributed by atoms with Gasteiger partial charge < -0.3 is 11.1 Å². The predicted molar refractivity (Wildman–Crippen MR) is 77.3 cm³/mol. The predicted octanol–water partition coefficient (Wildman–Crippen LogP) is 0.858. The number of nitrogens with two attached hydrogens (primary N) is 1. The third-order valence-corrected chi connectivity index (χ3v) is 4.11. The summed E-state index contributed by atoms with van der Waals surface area (Å²) in [5, 5.41) is 3.45. The van der Waals surface area contributed by atoms with Crippen LogP contribution in [0, 0.1) is 11.8 Å². The largest absolute Gasteiger partial charge is 0.366 e. The molecule has 0 bridgehead atoms. The Hall–Kier alpha value is -1.10. The molecule has 1 aromatic carbocycles. The van der Waals surface area contributed by atoms with Gasteiger partial charge in [-0.2, -0.15) is 0 Å². The number of nitrogens with zero attached hydrogens (tertiary/aromatic N) is 1. The van der Waals surface area contributed by atoms with Crippen molar-refractivity contribution in [2.45, 2.75) is 6.54 Å². The molecule has 19 heavy (non-hydrogen) atoms. The Morgan fingerprint density at radius 1 is 1.21 bits per heavy atom. The molecule has 4 nitrogen and oxygen atoms in total. The van der Waals surface area contributed by atoms with Crippen LogP contribution in [0.4, 0.5) is 0 Å². The number of halogens is 1. The number of rotatable bonds is 3. The molecule has 0 aromatic heterocycles. The van der Waals surface area contributed by atoms with Gasteiger partial charge in [-0.1, -0.05) is 12.1 Å². The molecule has 2 atom stereocenters. The van der Waals surface area contributed by atoms with E-state index in [0.29, 0.717) is 5.56 Å². The Balaban J connectivity index is 0.00000133. The van der Waals surface area contributed by atoms with Gasteiger partial charge in [-0.15, -0.1) is 12.4 Å². The van der Waals surface area contributed by atoms with Gasteiger partial charge in [-0.3, -0.25) is 9.69 Å². The van der Waals surface area contributed by atoms with Crippen molar-refractivity contribution in [3.8, 4) is 0 Å². The first-order valence-electron chi connectivity index (χ1n) is 6.54. The van der Waals surface area contributed by atoms with Gasteiger partial charge in [0.05, 0.1) is 0 Å². The van der Waals surface area contributed by atoms with E-state index in [9.17, 15) is 4.79 Å². The number of likely N-dealkylation sites (tertiary alicyclic amines) is 1. The first-order valence-corrected chi connectivity index (χ1v) is 6.54. The van der Waals surface area contributed by atoms with Crippen LogP contribution in [0.2, 0.25) is 0 Å². The highest BCUT2D eigenvalue weighted by atomic mass is 35.5. The number of fused-ring (bicyclic) bond motifs is 1. The molecule has 3 rings (SSSR count). The van der Waals surface area contributed by atoms with E-state index in [0.717, 1.165) is 18.4 Å². The minimum absolute atomic E-state index is 0. The van der Waals surface area contributed by atoms with E-state index in [-0.39, 0.29) is 18.3 Å². The van der Waals surface area contributed by atoms with Crippen molar-refractivity contribution in [1.29, 1.82) is 0 Å². The molecule has 2 heterocycles. The van der Waals surface area contributed by atoms with Crippen LogP contribution >= 0.6 is 12.4 Å². The quantitative estimate of drug-likeness (QED) is 0.864. The van der Waals surface area contributed by atoms with E-state index < -0.39 is 0 Å². The number of benzene rings is 1. The van der Waals surface area contributed by atoms with Crippen molar-refractivity contribution in [1.82, 2.24) is 10.2 Å². The maximum absolute atomic E-state index is 11.0. The topological polar surface area (TPSA) is 58.4 Å². The van der Waals surface area contributed by atoms with Crippen LogP contribution in [-0.4, -0.2) is 37.0 Å². The van der Waals surface area contributed by atoms with E-state index in [1.54, 1.807) is 0 Å². The maximum Gasteiger partial charge on any atom is 0.248 e. The average molecular weight is 282 g/mol. The first kappa shape index (κ1) is 14.3.